The summed E-state index contributed by atoms with van der Waals surface area (Å²) in [6.45, 7) is 2.44. The highest BCUT2D eigenvalue weighted by molar-refractivity contribution is 6.30. The van der Waals surface area contributed by atoms with Crippen LogP contribution in [-0.4, -0.2) is 87.9 Å². The maximum Gasteiger partial charge on any atom is 0.416 e. The van der Waals surface area contributed by atoms with Crippen molar-refractivity contribution < 1.29 is 69.4 Å². The summed E-state index contributed by atoms with van der Waals surface area (Å²) >= 11 is 5.90. The van der Waals surface area contributed by atoms with E-state index in [2.05, 4.69) is 83.7 Å². The Hall–Kier alpha value is -18.1. The van der Waals surface area contributed by atoms with Gasteiger partial charge in [-0.05, 0) is 236 Å². The maximum absolute atomic E-state index is 13.0. The largest absolute Gasteiger partial charge is 0.497 e. The number of nitrogens with zero attached hydrogens (tertiary/aromatic N) is 4. The molecule has 0 saturated carbocycles. The molecule has 145 heavy (non-hydrogen) atoms. The number of benzene rings is 12. The van der Waals surface area contributed by atoms with Crippen molar-refractivity contribution in [3.05, 3.63) is 472 Å². The van der Waals surface area contributed by atoms with Crippen molar-refractivity contribution >= 4 is 82.1 Å². The van der Waals surface area contributed by atoms with E-state index in [1.165, 1.54) is 24.3 Å². The summed E-state index contributed by atoms with van der Waals surface area (Å²) in [6.07, 6.45) is 0.891. The molecule has 25 nitrogen and oxygen atoms in total. The zero-order valence-electron chi connectivity index (χ0n) is 78.1. The molecule has 734 valence electrons. The lowest BCUT2D eigenvalue weighted by molar-refractivity contribution is -0.138. The van der Waals surface area contributed by atoms with Crippen molar-refractivity contribution in [3.8, 4) is 50.3 Å². The molecule has 32 heteroatoms. The number of nitrogens with one attached hydrogen (secondary N) is 12. The Morgan fingerprint density at radius 1 is 0.276 bits per heavy atom. The van der Waals surface area contributed by atoms with Crippen LogP contribution in [0.1, 0.15) is 97.5 Å². The molecule has 4 heterocycles. The van der Waals surface area contributed by atoms with Gasteiger partial charge in [0.25, 0.3) is 23.6 Å². The minimum Gasteiger partial charge on any atom is -0.497 e. The third kappa shape index (κ3) is 31.9. The number of urea groups is 4. The monoisotopic (exact) mass is 1970 g/mol. The van der Waals surface area contributed by atoms with Crippen LogP contribution in [0.25, 0.3) is 44.5 Å². The van der Waals surface area contributed by atoms with E-state index in [1.807, 2.05) is 224 Å². The van der Waals surface area contributed by atoms with Gasteiger partial charge < -0.3 is 68.5 Å². The first kappa shape index (κ1) is 104. The molecule has 0 aliphatic heterocycles. The number of alkyl halides is 6. The van der Waals surface area contributed by atoms with Crippen molar-refractivity contribution in [2.75, 3.05) is 41.5 Å². The first-order valence-corrected chi connectivity index (χ1v) is 46.1. The van der Waals surface area contributed by atoms with E-state index in [0.717, 1.165) is 103 Å². The van der Waals surface area contributed by atoms with Crippen LogP contribution in [0.4, 0.5) is 68.3 Å². The van der Waals surface area contributed by atoms with Crippen molar-refractivity contribution in [1.29, 1.82) is 0 Å². The first-order chi connectivity index (χ1) is 70.4. The summed E-state index contributed by atoms with van der Waals surface area (Å²) in [7, 11) is 1.59. The van der Waals surface area contributed by atoms with Crippen molar-refractivity contribution in [3.63, 3.8) is 0 Å². The molecule has 0 bridgehead atoms. The number of pyridine rings is 4. The SMILES string of the molecule is COc1ccc(NC(=O)NCc2ccccc2-c2ccccc2C(=O)NCc2cccnc2)cc1.O=C(NCc1ccccc1-c1ccccc1C(=O)NCCc1ccccn1)Nc1ccc(C(F)(F)F)cc1.O=C(NCc1ccccc1-c1ccccc1C(=O)NCCc1ccccn1)Nc1ccc(Cl)cc1.O=C(NCc1ccccc1-c1ccccc1C(=O)NCc1ccccn1)Nc1ccc(C(F)(F)F)cc1. The maximum atomic E-state index is 13.0. The number of carbonyl (C=O) groups excluding carboxylic acids is 8. The van der Waals surface area contributed by atoms with Gasteiger partial charge >= 0.3 is 36.5 Å². The lowest BCUT2D eigenvalue weighted by Crippen LogP contribution is -2.28. The van der Waals surface area contributed by atoms with Crippen LogP contribution in [0.5, 0.6) is 5.75 Å². The van der Waals surface area contributed by atoms with Crippen molar-refractivity contribution in [1.82, 2.24) is 62.5 Å². The number of halogens is 7. The smallest absolute Gasteiger partial charge is 0.416 e. The van der Waals surface area contributed by atoms with Crippen LogP contribution < -0.4 is 68.5 Å². The molecule has 4 aromatic heterocycles. The van der Waals surface area contributed by atoms with Gasteiger partial charge in [-0.2, -0.15) is 26.3 Å². The van der Waals surface area contributed by atoms with Gasteiger partial charge in [-0.3, -0.25) is 39.1 Å². The lowest BCUT2D eigenvalue weighted by atomic mass is 9.95. The first-order valence-electron chi connectivity index (χ1n) is 45.7. The molecule has 12 N–H and O–H groups in total. The lowest BCUT2D eigenvalue weighted by Gasteiger charge is -2.15. The van der Waals surface area contributed by atoms with Crippen molar-refractivity contribution in [2.24, 2.45) is 0 Å². The van der Waals surface area contributed by atoms with Crippen LogP contribution in [0.15, 0.2) is 389 Å². The molecule has 16 aromatic rings. The van der Waals surface area contributed by atoms with Crippen LogP contribution in [0, 0.1) is 0 Å². The van der Waals surface area contributed by atoms with Gasteiger partial charge in [-0.15, -0.1) is 0 Å². The number of anilines is 4. The van der Waals surface area contributed by atoms with Gasteiger partial charge in [0.2, 0.25) is 0 Å². The topological polar surface area (TPSA) is 342 Å². The average Bonchev–Trinajstić information content (AvgIpc) is 0.816. The fourth-order valence-electron chi connectivity index (χ4n) is 14.9. The Morgan fingerprint density at radius 2 is 0.559 bits per heavy atom. The highest BCUT2D eigenvalue weighted by atomic mass is 35.5. The molecule has 0 aliphatic carbocycles. The van der Waals surface area contributed by atoms with Crippen LogP contribution in [0.2, 0.25) is 5.02 Å². The van der Waals surface area contributed by atoms with E-state index in [-0.39, 0.29) is 66.7 Å². The Labute approximate surface area is 837 Å². The summed E-state index contributed by atoms with van der Waals surface area (Å²) in [4.78, 5) is 119. The van der Waals surface area contributed by atoms with Crippen molar-refractivity contribution in [2.45, 2.75) is 64.5 Å². The fourth-order valence-corrected chi connectivity index (χ4v) is 15.1. The summed E-state index contributed by atoms with van der Waals surface area (Å²) in [5.74, 6) is -0.0966. The highest BCUT2D eigenvalue weighted by Gasteiger charge is 2.32. The van der Waals surface area contributed by atoms with Gasteiger partial charge in [0.05, 0.1) is 30.5 Å². The number of rotatable bonds is 31. The normalized spacial score (nSPS) is 10.7. The third-order valence-corrected chi connectivity index (χ3v) is 22.4. The molecule has 0 fully saturated rings. The Bertz CT molecular complexity index is 7030. The predicted molar refractivity (Wildman–Crippen MR) is 550 cm³/mol. The number of methoxy groups -OCH3 is 1. The molecule has 0 aliphatic rings. The minimum absolute atomic E-state index is 0.131. The van der Waals surface area contributed by atoms with Crippen LogP contribution >= 0.6 is 11.6 Å². The Balaban J connectivity index is 0.000000162. The summed E-state index contributed by atoms with van der Waals surface area (Å²) in [5.41, 5.74) is 15.4. The van der Waals surface area contributed by atoms with E-state index in [0.29, 0.717) is 101 Å². The zero-order chi connectivity index (χ0) is 102. The molecule has 0 radical (unpaired) electrons. The second-order valence-corrected chi connectivity index (χ2v) is 32.6. The zero-order valence-corrected chi connectivity index (χ0v) is 78.9. The number of hydrogen-bond acceptors (Lipinski definition) is 13. The summed E-state index contributed by atoms with van der Waals surface area (Å²) in [6, 6.07) is 101. The molecule has 0 atom stereocenters. The molecule has 0 saturated heterocycles. The number of aromatic nitrogens is 4. The predicted octanol–water partition coefficient (Wildman–Crippen LogP) is 22.8. The average molecular weight is 1970 g/mol. The van der Waals surface area contributed by atoms with Gasteiger partial charge in [0.15, 0.2) is 0 Å². The van der Waals surface area contributed by atoms with E-state index < -0.39 is 35.5 Å². The van der Waals surface area contributed by atoms with Gasteiger partial charge in [0.1, 0.15) is 5.75 Å². The highest BCUT2D eigenvalue weighted by Crippen LogP contribution is 2.36. The molecule has 0 unspecified atom stereocenters. The summed E-state index contributed by atoms with van der Waals surface area (Å²) < 4.78 is 81.6. The Morgan fingerprint density at radius 3 is 0.862 bits per heavy atom. The molecular formula is C113H99ClF6N16O9. The Kier molecular flexibility index (Phi) is 37.9. The van der Waals surface area contributed by atoms with E-state index >= 15 is 0 Å². The molecule has 12 aromatic carbocycles. The van der Waals surface area contributed by atoms with Crippen LogP contribution in [-0.2, 0) is 64.5 Å². The second-order valence-electron chi connectivity index (χ2n) is 32.1. The van der Waals surface area contributed by atoms with Crippen LogP contribution in [0.3, 0.4) is 0 Å². The van der Waals surface area contributed by atoms with E-state index in [4.69, 9.17) is 16.3 Å². The molecule has 0 spiro atoms. The summed E-state index contributed by atoms with van der Waals surface area (Å²) in [5, 5.41) is 34.2. The third-order valence-electron chi connectivity index (χ3n) is 22.2. The standard InChI is InChI=1S/C29H25F3N4O2.C28H25ClN4O2.C28H23F3N4O2.C28H26N4O3/c30-29(31,32)21-12-14-23(15-13-21)36-28(38)35-19-20-7-1-2-9-24(20)25-10-3-4-11-26(25)27(37)34-18-16-22-8-5-6-17-33-22;29-21-12-14-23(15-13-21)33-28(35)32-19-20-7-1-2-9-24(20)25-10-3-4-11-26(25)27(34)31-18-16-22-8-5-6-17-30-22;29-28(30,31)20-12-14-21(15-13-20)35-27(37)34-17-19-7-1-2-9-23(19)24-10-3-4-11-25(24)26(36)33-18-22-8-5-6-16-32-22;1-35-23-14-12-22(13-15-23)32-28(34)31-19-21-8-2-3-9-24(21)25-10-4-5-11-26(25)27(33)30-18-20-7-6-16-29-17-20/h1-15,17H,16,18-19H2,(H,34,37)(H2,35,36,38);1-15,17H,16,18-19H2,(H,31,34)(H2,32,33,35);1-16H,17-18H2,(H,33,36)(H2,34,35,37);2-17H,18-19H2,1H3,(H,30,33)(H2,31,32,34). The second kappa shape index (κ2) is 52.8. The number of hydrogen-bond donors (Lipinski definition) is 12. The van der Waals surface area contributed by atoms with E-state index in [1.54, 1.807) is 123 Å². The number of amides is 12. The number of ether oxygens (including phenoxy) is 1. The minimum atomic E-state index is -4.45. The van der Waals surface area contributed by atoms with Gasteiger partial charge in [-0.1, -0.05) is 206 Å². The molecule has 12 amide bonds. The van der Waals surface area contributed by atoms with E-state index in [9.17, 15) is 64.7 Å². The number of carbonyl (C=O) groups is 8. The molecule has 16 rings (SSSR count). The quantitative estimate of drug-likeness (QED) is 0.0180. The van der Waals surface area contributed by atoms with Gasteiger partial charge in [-0.25, -0.2) is 19.2 Å². The molecular weight excluding hydrogens is 1870 g/mol. The van der Waals surface area contributed by atoms with Gasteiger partial charge in [0, 0.05) is 151 Å². The fraction of sp³-hybridized carbons (Fsp3) is 0.115.